The highest BCUT2D eigenvalue weighted by Crippen LogP contribution is 2.29. The van der Waals surface area contributed by atoms with Crippen LogP contribution in [-0.4, -0.2) is 46.9 Å². The van der Waals surface area contributed by atoms with Crippen LogP contribution >= 0.6 is 0 Å². The van der Waals surface area contributed by atoms with Crippen molar-refractivity contribution < 1.29 is 24.0 Å². The molecule has 30 heavy (non-hydrogen) atoms. The van der Waals surface area contributed by atoms with Gasteiger partial charge in [-0.25, -0.2) is 4.79 Å². The molecule has 0 atom stereocenters. The van der Waals surface area contributed by atoms with Crippen LogP contribution in [0, 0.1) is 10.1 Å². The van der Waals surface area contributed by atoms with Gasteiger partial charge in [0.2, 0.25) is 0 Å². The molecule has 0 saturated heterocycles. The van der Waals surface area contributed by atoms with Gasteiger partial charge in [-0.3, -0.25) is 14.9 Å². The van der Waals surface area contributed by atoms with E-state index in [4.69, 9.17) is 9.47 Å². The summed E-state index contributed by atoms with van der Waals surface area (Å²) in [6, 6.07) is 11.2. The van der Waals surface area contributed by atoms with Gasteiger partial charge >= 0.3 is 11.7 Å². The minimum Gasteiger partial charge on any atom is -0.477 e. The molecule has 0 fully saturated rings. The van der Waals surface area contributed by atoms with Crippen molar-refractivity contribution >= 4 is 28.5 Å². The molecular formula is C21H19N3O6. The van der Waals surface area contributed by atoms with Gasteiger partial charge in [-0.1, -0.05) is 12.1 Å². The second-order valence-electron chi connectivity index (χ2n) is 6.91. The first kappa shape index (κ1) is 19.4. The lowest BCUT2D eigenvalue weighted by molar-refractivity contribution is -0.385. The van der Waals surface area contributed by atoms with E-state index in [2.05, 4.69) is 4.98 Å². The van der Waals surface area contributed by atoms with E-state index in [1.54, 1.807) is 29.2 Å². The molecule has 3 aromatic rings. The summed E-state index contributed by atoms with van der Waals surface area (Å²) in [6.07, 6.45) is 0.634. The third kappa shape index (κ3) is 3.57. The third-order valence-corrected chi connectivity index (χ3v) is 5.16. The third-order valence-electron chi connectivity index (χ3n) is 5.16. The number of nitro benzene ring substituents is 1. The maximum absolute atomic E-state index is 12.7. The molecule has 1 amide bonds. The monoisotopic (exact) mass is 409 g/mol. The molecule has 0 unspecified atom stereocenters. The van der Waals surface area contributed by atoms with Crippen molar-refractivity contribution in [1.29, 1.82) is 0 Å². The predicted octanol–water partition coefficient (Wildman–Crippen LogP) is 2.83. The Morgan fingerprint density at radius 3 is 2.80 bits per heavy atom. The van der Waals surface area contributed by atoms with Crippen LogP contribution in [0.1, 0.15) is 21.6 Å². The fourth-order valence-corrected chi connectivity index (χ4v) is 3.63. The number of H-pyrrole nitrogens is 1. The van der Waals surface area contributed by atoms with Crippen LogP contribution in [0.15, 0.2) is 42.5 Å². The number of ether oxygens (including phenoxy) is 2. The average molecular weight is 409 g/mol. The minimum absolute atomic E-state index is 0.0587. The maximum Gasteiger partial charge on any atom is 0.337 e. The first-order chi connectivity index (χ1) is 14.5. The number of rotatable bonds is 5. The van der Waals surface area contributed by atoms with Crippen LogP contribution in [0.3, 0.4) is 0 Å². The summed E-state index contributed by atoms with van der Waals surface area (Å²) < 4.78 is 10.2. The highest BCUT2D eigenvalue weighted by molar-refractivity contribution is 5.96. The Balaban J connectivity index is 1.51. The molecule has 0 aliphatic carbocycles. The number of nitro groups is 1. The van der Waals surface area contributed by atoms with E-state index in [9.17, 15) is 19.7 Å². The summed E-state index contributed by atoms with van der Waals surface area (Å²) in [7, 11) is 1.33. The van der Waals surface area contributed by atoms with E-state index in [0.29, 0.717) is 25.1 Å². The van der Waals surface area contributed by atoms with Gasteiger partial charge in [-0.05, 0) is 24.3 Å². The molecule has 0 radical (unpaired) electrons. The number of esters is 1. The number of nitrogens with one attached hydrogen (secondary N) is 1. The number of methoxy groups -OCH3 is 1. The van der Waals surface area contributed by atoms with Gasteiger partial charge < -0.3 is 19.4 Å². The van der Waals surface area contributed by atoms with Crippen molar-refractivity contribution in [3.05, 3.63) is 69.4 Å². The fourth-order valence-electron chi connectivity index (χ4n) is 3.63. The summed E-state index contributed by atoms with van der Waals surface area (Å²) in [5, 5.41) is 12.0. The van der Waals surface area contributed by atoms with E-state index < -0.39 is 10.9 Å². The second-order valence-corrected chi connectivity index (χ2v) is 6.91. The highest BCUT2D eigenvalue weighted by Gasteiger charge is 2.25. The van der Waals surface area contributed by atoms with Crippen LogP contribution in [0.25, 0.3) is 10.9 Å². The first-order valence-electron chi connectivity index (χ1n) is 9.33. The van der Waals surface area contributed by atoms with Crippen molar-refractivity contribution in [2.45, 2.75) is 13.0 Å². The van der Waals surface area contributed by atoms with Gasteiger partial charge in [0.15, 0.2) is 12.4 Å². The zero-order chi connectivity index (χ0) is 21.3. The normalized spacial score (nSPS) is 13.0. The van der Waals surface area contributed by atoms with Crippen LogP contribution in [0.5, 0.6) is 5.75 Å². The molecule has 1 aliphatic heterocycles. The number of benzene rings is 2. The van der Waals surface area contributed by atoms with E-state index in [-0.39, 0.29) is 24.0 Å². The molecule has 2 aromatic carbocycles. The molecule has 9 nitrogen and oxygen atoms in total. The number of hydrogen-bond acceptors (Lipinski definition) is 6. The summed E-state index contributed by atoms with van der Waals surface area (Å²) in [5.41, 5.74) is 3.11. The Hall–Kier alpha value is -3.88. The number of para-hydroxylation sites is 2. The minimum atomic E-state index is -0.544. The van der Waals surface area contributed by atoms with Crippen LogP contribution < -0.4 is 4.74 Å². The Bertz CT molecular complexity index is 1150. The number of nitrogens with zero attached hydrogens (tertiary/aromatic N) is 2. The summed E-state index contributed by atoms with van der Waals surface area (Å²) in [5.74, 6) is -0.630. The number of aromatic amines is 1. The molecule has 0 bridgehead atoms. The van der Waals surface area contributed by atoms with Crippen molar-refractivity contribution in [1.82, 2.24) is 9.88 Å². The number of carbonyl (C=O) groups excluding carboxylic acids is 2. The van der Waals surface area contributed by atoms with Crippen LogP contribution in [0.2, 0.25) is 0 Å². The molecule has 1 N–H and O–H groups in total. The van der Waals surface area contributed by atoms with Crippen molar-refractivity contribution in [2.24, 2.45) is 0 Å². The molecule has 2 heterocycles. The summed E-state index contributed by atoms with van der Waals surface area (Å²) >= 11 is 0. The molecule has 1 aromatic heterocycles. The predicted molar refractivity (Wildman–Crippen MR) is 107 cm³/mol. The zero-order valence-corrected chi connectivity index (χ0v) is 16.2. The van der Waals surface area contributed by atoms with E-state index in [0.717, 1.165) is 22.2 Å². The average Bonchev–Trinajstić information content (AvgIpc) is 3.14. The summed E-state index contributed by atoms with van der Waals surface area (Å²) in [6.45, 7) is 0.567. The fraction of sp³-hybridized carbons (Fsp3) is 0.238. The Labute approximate surface area is 171 Å². The number of aromatic nitrogens is 1. The van der Waals surface area contributed by atoms with Gasteiger partial charge in [-0.2, -0.15) is 0 Å². The molecule has 154 valence electrons. The number of amides is 1. The molecular weight excluding hydrogens is 390 g/mol. The molecule has 0 saturated carbocycles. The lowest BCUT2D eigenvalue weighted by Gasteiger charge is -2.27. The Morgan fingerprint density at radius 1 is 1.23 bits per heavy atom. The Morgan fingerprint density at radius 2 is 2.03 bits per heavy atom. The van der Waals surface area contributed by atoms with E-state index >= 15 is 0 Å². The quantitative estimate of drug-likeness (QED) is 0.394. The Kier molecular flexibility index (Phi) is 5.09. The molecule has 1 aliphatic rings. The second kappa shape index (κ2) is 7.86. The van der Waals surface area contributed by atoms with Gasteiger partial charge in [0.25, 0.3) is 5.91 Å². The lowest BCUT2D eigenvalue weighted by atomic mass is 10.0. The van der Waals surface area contributed by atoms with Crippen molar-refractivity contribution in [3.63, 3.8) is 0 Å². The van der Waals surface area contributed by atoms with Gasteiger partial charge in [0.05, 0.1) is 17.6 Å². The smallest absolute Gasteiger partial charge is 0.337 e. The molecule has 4 rings (SSSR count). The number of hydrogen-bond donors (Lipinski definition) is 1. The first-order valence-corrected chi connectivity index (χ1v) is 9.33. The van der Waals surface area contributed by atoms with Crippen molar-refractivity contribution in [3.8, 4) is 5.75 Å². The largest absolute Gasteiger partial charge is 0.477 e. The van der Waals surface area contributed by atoms with Gasteiger partial charge in [-0.15, -0.1) is 0 Å². The van der Waals surface area contributed by atoms with Gasteiger partial charge in [0.1, 0.15) is 0 Å². The van der Waals surface area contributed by atoms with E-state index in [1.165, 1.54) is 19.2 Å². The summed E-state index contributed by atoms with van der Waals surface area (Å²) in [4.78, 5) is 40.1. The topological polar surface area (TPSA) is 115 Å². The highest BCUT2D eigenvalue weighted by atomic mass is 16.6. The SMILES string of the molecule is COC(=O)c1ccc2[nH]c3c(c2c1)CN(C(=O)COc1ccccc1[N+](=O)[O-])CC3. The number of carbonyl (C=O) groups is 2. The molecule has 0 spiro atoms. The lowest BCUT2D eigenvalue weighted by Crippen LogP contribution is -2.38. The van der Waals surface area contributed by atoms with Gasteiger partial charge in [0, 0.05) is 47.7 Å². The maximum atomic E-state index is 12.7. The van der Waals surface area contributed by atoms with E-state index in [1.807, 2.05) is 6.07 Å². The molecule has 9 heteroatoms. The standard InChI is InChI=1S/C21H19N3O6/c1-29-21(26)13-6-7-16-14(10-13)15-11-23(9-8-17(15)22-16)20(25)12-30-19-5-3-2-4-18(19)24(27)28/h2-7,10,22H,8-9,11-12H2,1H3. The van der Waals surface area contributed by atoms with Crippen LogP contribution in [0.4, 0.5) is 5.69 Å². The number of fused-ring (bicyclic) bond motifs is 3. The van der Waals surface area contributed by atoms with Crippen LogP contribution in [-0.2, 0) is 22.5 Å². The van der Waals surface area contributed by atoms with Crippen molar-refractivity contribution in [2.75, 3.05) is 20.3 Å². The zero-order valence-electron chi connectivity index (χ0n) is 16.2.